The van der Waals surface area contributed by atoms with E-state index in [-0.39, 0.29) is 28.9 Å². The molecule has 21 heavy (non-hydrogen) atoms. The van der Waals surface area contributed by atoms with Crippen LogP contribution in [0.2, 0.25) is 0 Å². The SMILES string of the molecule is CCC(=O)C(NC(=O)[C@H]1CC1c1ccccn1)C(C)(C)C. The van der Waals surface area contributed by atoms with E-state index in [0.29, 0.717) is 6.42 Å². The molecule has 1 aromatic heterocycles. The summed E-state index contributed by atoms with van der Waals surface area (Å²) in [6, 6.07) is 5.35. The van der Waals surface area contributed by atoms with E-state index in [4.69, 9.17) is 0 Å². The van der Waals surface area contributed by atoms with Gasteiger partial charge in [-0.25, -0.2) is 0 Å². The number of rotatable bonds is 5. The summed E-state index contributed by atoms with van der Waals surface area (Å²) in [6.07, 6.45) is 3.01. The van der Waals surface area contributed by atoms with Crippen molar-refractivity contribution in [3.05, 3.63) is 30.1 Å². The van der Waals surface area contributed by atoms with Crippen molar-refractivity contribution in [3.8, 4) is 0 Å². The predicted molar refractivity (Wildman–Crippen MR) is 81.8 cm³/mol. The van der Waals surface area contributed by atoms with Crippen molar-refractivity contribution in [2.75, 3.05) is 0 Å². The van der Waals surface area contributed by atoms with Crippen LogP contribution in [-0.4, -0.2) is 22.7 Å². The van der Waals surface area contributed by atoms with Crippen LogP contribution in [0.3, 0.4) is 0 Å². The topological polar surface area (TPSA) is 59.1 Å². The molecule has 0 radical (unpaired) electrons. The lowest BCUT2D eigenvalue weighted by Crippen LogP contribution is -2.49. The molecule has 0 bridgehead atoms. The second-order valence-electron chi connectivity index (χ2n) is 6.83. The Morgan fingerprint density at radius 3 is 2.62 bits per heavy atom. The highest BCUT2D eigenvalue weighted by atomic mass is 16.2. The predicted octanol–water partition coefficient (Wildman–Crippen LogP) is 2.70. The van der Waals surface area contributed by atoms with E-state index in [1.54, 1.807) is 6.20 Å². The molecule has 2 rings (SSSR count). The summed E-state index contributed by atoms with van der Waals surface area (Å²) in [5.74, 6) is 0.219. The van der Waals surface area contributed by atoms with Crippen molar-refractivity contribution in [2.24, 2.45) is 11.3 Å². The highest BCUT2D eigenvalue weighted by Crippen LogP contribution is 2.46. The van der Waals surface area contributed by atoms with Gasteiger partial charge in [-0.15, -0.1) is 0 Å². The zero-order valence-electron chi connectivity index (χ0n) is 13.2. The van der Waals surface area contributed by atoms with Gasteiger partial charge in [0.2, 0.25) is 5.91 Å². The van der Waals surface area contributed by atoms with Gasteiger partial charge >= 0.3 is 0 Å². The molecule has 1 saturated carbocycles. The molecule has 4 nitrogen and oxygen atoms in total. The van der Waals surface area contributed by atoms with Crippen LogP contribution in [0, 0.1) is 11.3 Å². The number of Topliss-reactive ketones (excluding diaryl/α,β-unsaturated/α-hetero) is 1. The fourth-order valence-corrected chi connectivity index (χ4v) is 2.64. The molecule has 2 unspecified atom stereocenters. The number of nitrogens with one attached hydrogen (secondary N) is 1. The highest BCUT2D eigenvalue weighted by molar-refractivity contribution is 5.91. The number of hydrogen-bond donors (Lipinski definition) is 1. The van der Waals surface area contributed by atoms with E-state index in [1.807, 2.05) is 45.9 Å². The van der Waals surface area contributed by atoms with Crippen molar-refractivity contribution in [1.29, 1.82) is 0 Å². The van der Waals surface area contributed by atoms with Gasteiger partial charge in [-0.2, -0.15) is 0 Å². The Morgan fingerprint density at radius 1 is 1.38 bits per heavy atom. The van der Waals surface area contributed by atoms with Gasteiger partial charge in [-0.3, -0.25) is 14.6 Å². The van der Waals surface area contributed by atoms with Crippen molar-refractivity contribution in [2.45, 2.75) is 52.5 Å². The van der Waals surface area contributed by atoms with Gasteiger partial charge in [0.15, 0.2) is 5.78 Å². The van der Waals surface area contributed by atoms with Crippen LogP contribution in [0.4, 0.5) is 0 Å². The lowest BCUT2D eigenvalue weighted by molar-refractivity contribution is -0.130. The number of carbonyl (C=O) groups is 2. The summed E-state index contributed by atoms with van der Waals surface area (Å²) in [5.41, 5.74) is 0.699. The maximum Gasteiger partial charge on any atom is 0.224 e. The lowest BCUT2D eigenvalue weighted by Gasteiger charge is -2.30. The van der Waals surface area contributed by atoms with Gasteiger partial charge in [0.05, 0.1) is 6.04 Å². The van der Waals surface area contributed by atoms with Crippen LogP contribution in [0.25, 0.3) is 0 Å². The standard InChI is InChI=1S/C17H24N2O2/c1-5-14(20)15(17(2,3)4)19-16(21)12-10-11(12)13-8-6-7-9-18-13/h6-9,11-12,15H,5,10H2,1-4H3,(H,19,21)/t11?,12-,15?/m0/s1. The van der Waals surface area contributed by atoms with E-state index >= 15 is 0 Å². The first-order valence-corrected chi connectivity index (χ1v) is 7.58. The van der Waals surface area contributed by atoms with Crippen LogP contribution in [-0.2, 0) is 9.59 Å². The Morgan fingerprint density at radius 2 is 2.10 bits per heavy atom. The van der Waals surface area contributed by atoms with E-state index in [9.17, 15) is 9.59 Å². The quantitative estimate of drug-likeness (QED) is 0.906. The molecular formula is C17H24N2O2. The smallest absolute Gasteiger partial charge is 0.224 e. The Hall–Kier alpha value is -1.71. The third-order valence-electron chi connectivity index (χ3n) is 4.02. The molecule has 0 aromatic carbocycles. The molecule has 0 spiro atoms. The normalized spacial score (nSPS) is 22.5. The first kappa shape index (κ1) is 15.7. The number of pyridine rings is 1. The highest BCUT2D eigenvalue weighted by Gasteiger charge is 2.46. The zero-order valence-corrected chi connectivity index (χ0v) is 13.2. The Bertz CT molecular complexity index is 519. The van der Waals surface area contributed by atoms with Crippen molar-refractivity contribution >= 4 is 11.7 Å². The minimum absolute atomic E-state index is 0.0209. The van der Waals surface area contributed by atoms with Crippen LogP contribution in [0.15, 0.2) is 24.4 Å². The van der Waals surface area contributed by atoms with Gasteiger partial charge in [0.25, 0.3) is 0 Å². The molecule has 114 valence electrons. The molecule has 3 atom stereocenters. The van der Waals surface area contributed by atoms with E-state index in [2.05, 4.69) is 10.3 Å². The Kier molecular flexibility index (Phi) is 4.45. The first-order valence-electron chi connectivity index (χ1n) is 7.58. The molecule has 1 N–H and O–H groups in total. The molecule has 1 aliphatic carbocycles. The fourth-order valence-electron chi connectivity index (χ4n) is 2.64. The average Bonchev–Trinajstić information content (AvgIpc) is 3.24. The minimum atomic E-state index is -0.417. The maximum atomic E-state index is 12.4. The number of aromatic nitrogens is 1. The number of nitrogens with zero attached hydrogens (tertiary/aromatic N) is 1. The summed E-state index contributed by atoms with van der Waals surface area (Å²) in [7, 11) is 0. The van der Waals surface area contributed by atoms with Crippen molar-refractivity contribution in [1.82, 2.24) is 10.3 Å². The molecule has 1 aliphatic rings. The molecule has 0 saturated heterocycles. The van der Waals surface area contributed by atoms with E-state index in [1.165, 1.54) is 0 Å². The lowest BCUT2D eigenvalue weighted by atomic mass is 9.83. The number of ketones is 1. The van der Waals surface area contributed by atoms with Crippen LogP contribution < -0.4 is 5.32 Å². The molecule has 1 heterocycles. The average molecular weight is 288 g/mol. The monoisotopic (exact) mass is 288 g/mol. The van der Waals surface area contributed by atoms with Gasteiger partial charge in [-0.05, 0) is 24.0 Å². The summed E-state index contributed by atoms with van der Waals surface area (Å²) < 4.78 is 0. The van der Waals surface area contributed by atoms with Gasteiger partial charge in [-0.1, -0.05) is 33.8 Å². The van der Waals surface area contributed by atoms with Crippen molar-refractivity contribution < 1.29 is 9.59 Å². The molecule has 1 amide bonds. The summed E-state index contributed by atoms with van der Waals surface area (Å²) in [4.78, 5) is 28.7. The zero-order chi connectivity index (χ0) is 15.6. The second kappa shape index (κ2) is 5.96. The Labute approximate surface area is 126 Å². The summed E-state index contributed by atoms with van der Waals surface area (Å²) in [6.45, 7) is 7.78. The summed E-state index contributed by atoms with van der Waals surface area (Å²) >= 11 is 0. The second-order valence-corrected chi connectivity index (χ2v) is 6.83. The van der Waals surface area contributed by atoms with Crippen LogP contribution in [0.1, 0.15) is 52.1 Å². The molecule has 0 aliphatic heterocycles. The van der Waals surface area contributed by atoms with Crippen LogP contribution in [0.5, 0.6) is 0 Å². The largest absolute Gasteiger partial charge is 0.346 e. The van der Waals surface area contributed by atoms with Crippen molar-refractivity contribution in [3.63, 3.8) is 0 Å². The number of carbonyl (C=O) groups excluding carboxylic acids is 2. The molecule has 4 heteroatoms. The Balaban J connectivity index is 2.00. The number of hydrogen-bond acceptors (Lipinski definition) is 3. The summed E-state index contributed by atoms with van der Waals surface area (Å²) in [5, 5.41) is 2.95. The fraction of sp³-hybridized carbons (Fsp3) is 0.588. The van der Waals surface area contributed by atoms with E-state index < -0.39 is 6.04 Å². The molecule has 1 aromatic rings. The van der Waals surface area contributed by atoms with Gasteiger partial charge in [0.1, 0.15) is 0 Å². The molecule has 1 fully saturated rings. The molecular weight excluding hydrogens is 264 g/mol. The number of amides is 1. The third kappa shape index (κ3) is 3.69. The third-order valence-corrected chi connectivity index (χ3v) is 4.02. The maximum absolute atomic E-state index is 12.4. The van der Waals surface area contributed by atoms with Gasteiger partial charge < -0.3 is 5.32 Å². The van der Waals surface area contributed by atoms with E-state index in [0.717, 1.165) is 12.1 Å². The van der Waals surface area contributed by atoms with Crippen LogP contribution >= 0.6 is 0 Å². The van der Waals surface area contributed by atoms with Gasteiger partial charge in [0, 0.05) is 30.1 Å². The minimum Gasteiger partial charge on any atom is -0.346 e. The first-order chi connectivity index (χ1) is 9.84.